The zero-order valence-corrected chi connectivity index (χ0v) is 14.5. The number of hydrogen-bond acceptors (Lipinski definition) is 6. The highest BCUT2D eigenvalue weighted by Gasteiger charge is 2.28. The van der Waals surface area contributed by atoms with Gasteiger partial charge < -0.3 is 10.2 Å². The molecule has 1 aliphatic heterocycles. The van der Waals surface area contributed by atoms with Gasteiger partial charge in [-0.05, 0) is 36.4 Å². The van der Waals surface area contributed by atoms with Crippen molar-refractivity contribution in [3.63, 3.8) is 0 Å². The molecule has 4 aromatic rings. The van der Waals surface area contributed by atoms with Crippen molar-refractivity contribution in [2.75, 3.05) is 24.5 Å². The monoisotopic (exact) mass is 359 g/mol. The van der Waals surface area contributed by atoms with Crippen molar-refractivity contribution in [1.29, 1.82) is 0 Å². The van der Waals surface area contributed by atoms with E-state index >= 15 is 0 Å². The maximum atomic E-state index is 12.4. The molecule has 1 saturated heterocycles. The minimum atomic E-state index is -0.0526. The number of nitrogens with zero attached hydrogens (tertiary/aromatic N) is 6. The molecule has 1 N–H and O–H groups in total. The molecular formula is C19H17N7O. The van der Waals surface area contributed by atoms with E-state index in [0.717, 1.165) is 35.5 Å². The Morgan fingerprint density at radius 1 is 1.19 bits per heavy atom. The van der Waals surface area contributed by atoms with Crippen LogP contribution in [0.15, 0.2) is 55.0 Å². The summed E-state index contributed by atoms with van der Waals surface area (Å²) >= 11 is 0. The molecule has 1 aromatic carbocycles. The van der Waals surface area contributed by atoms with E-state index < -0.39 is 0 Å². The van der Waals surface area contributed by atoms with Gasteiger partial charge in [-0.2, -0.15) is 4.52 Å². The van der Waals surface area contributed by atoms with Crippen molar-refractivity contribution in [2.24, 2.45) is 5.92 Å². The average Bonchev–Trinajstić information content (AvgIpc) is 3.14. The van der Waals surface area contributed by atoms with Gasteiger partial charge in [0, 0.05) is 42.7 Å². The smallest absolute Gasteiger partial charge is 0.251 e. The van der Waals surface area contributed by atoms with Gasteiger partial charge in [0.05, 0.1) is 5.52 Å². The van der Waals surface area contributed by atoms with Crippen molar-refractivity contribution >= 4 is 28.3 Å². The molecule has 5 rings (SSSR count). The van der Waals surface area contributed by atoms with Crippen LogP contribution in [0.1, 0.15) is 10.4 Å². The highest BCUT2D eigenvalue weighted by Crippen LogP contribution is 2.22. The third-order valence-electron chi connectivity index (χ3n) is 4.85. The fraction of sp³-hybridized carbons (Fsp3) is 0.211. The van der Waals surface area contributed by atoms with Gasteiger partial charge >= 0.3 is 0 Å². The Balaban J connectivity index is 1.18. The average molecular weight is 359 g/mol. The number of hydrogen-bond donors (Lipinski definition) is 1. The van der Waals surface area contributed by atoms with E-state index in [9.17, 15) is 4.79 Å². The van der Waals surface area contributed by atoms with Crippen LogP contribution in [0.25, 0.3) is 16.6 Å². The molecule has 8 nitrogen and oxygen atoms in total. The van der Waals surface area contributed by atoms with E-state index in [1.54, 1.807) is 17.0 Å². The van der Waals surface area contributed by atoms with Crippen molar-refractivity contribution < 1.29 is 4.79 Å². The first-order valence-electron chi connectivity index (χ1n) is 8.81. The number of pyridine rings is 1. The normalized spacial score (nSPS) is 14.4. The largest absolute Gasteiger partial charge is 0.354 e. The number of anilines is 1. The van der Waals surface area contributed by atoms with E-state index in [1.807, 2.05) is 42.5 Å². The third-order valence-corrected chi connectivity index (χ3v) is 4.85. The molecule has 0 saturated carbocycles. The summed E-state index contributed by atoms with van der Waals surface area (Å²) in [6, 6.07) is 13.3. The molecule has 27 heavy (non-hydrogen) atoms. The van der Waals surface area contributed by atoms with Crippen molar-refractivity contribution in [2.45, 2.75) is 0 Å². The van der Waals surface area contributed by atoms with Gasteiger partial charge in [0.2, 0.25) is 0 Å². The van der Waals surface area contributed by atoms with Crippen LogP contribution in [0.5, 0.6) is 0 Å². The van der Waals surface area contributed by atoms with E-state index in [0.29, 0.717) is 18.0 Å². The van der Waals surface area contributed by atoms with Gasteiger partial charge in [-0.1, -0.05) is 6.07 Å². The Kier molecular flexibility index (Phi) is 3.67. The molecule has 0 aliphatic carbocycles. The van der Waals surface area contributed by atoms with Crippen LogP contribution in [0.3, 0.4) is 0 Å². The van der Waals surface area contributed by atoms with Gasteiger partial charge in [-0.15, -0.1) is 15.3 Å². The molecule has 1 fully saturated rings. The first kappa shape index (κ1) is 15.7. The first-order valence-corrected chi connectivity index (χ1v) is 8.81. The van der Waals surface area contributed by atoms with E-state index in [4.69, 9.17) is 0 Å². The predicted octanol–water partition coefficient (Wildman–Crippen LogP) is 1.54. The molecule has 1 amide bonds. The minimum absolute atomic E-state index is 0.0526. The number of carbonyl (C=O) groups is 1. The van der Waals surface area contributed by atoms with Crippen LogP contribution >= 0.6 is 0 Å². The first-order chi connectivity index (χ1) is 13.3. The van der Waals surface area contributed by atoms with E-state index in [2.05, 4.69) is 30.5 Å². The quantitative estimate of drug-likeness (QED) is 0.595. The number of rotatable bonds is 4. The molecule has 0 atom stereocenters. The highest BCUT2D eigenvalue weighted by atomic mass is 16.1. The molecule has 0 radical (unpaired) electrons. The van der Waals surface area contributed by atoms with Gasteiger partial charge in [-0.3, -0.25) is 9.78 Å². The van der Waals surface area contributed by atoms with E-state index in [1.165, 1.54) is 0 Å². The molecular weight excluding hydrogens is 342 g/mol. The number of carbonyl (C=O) groups excluding carboxylic acids is 1. The summed E-state index contributed by atoms with van der Waals surface area (Å²) in [7, 11) is 0. The molecule has 8 heteroatoms. The van der Waals surface area contributed by atoms with E-state index in [-0.39, 0.29) is 5.91 Å². The Hall–Kier alpha value is -3.55. The maximum Gasteiger partial charge on any atom is 0.251 e. The fourth-order valence-corrected chi connectivity index (χ4v) is 3.33. The lowest BCUT2D eigenvalue weighted by atomic mass is 10.00. The number of fused-ring (bicyclic) bond motifs is 2. The topological polar surface area (TPSA) is 88.3 Å². The second-order valence-electron chi connectivity index (χ2n) is 6.72. The summed E-state index contributed by atoms with van der Waals surface area (Å²) in [5, 5.41) is 16.3. The Morgan fingerprint density at radius 3 is 3.04 bits per heavy atom. The minimum Gasteiger partial charge on any atom is -0.354 e. The summed E-state index contributed by atoms with van der Waals surface area (Å²) in [5.74, 6) is 1.25. The van der Waals surface area contributed by atoms with Gasteiger partial charge in [0.1, 0.15) is 12.1 Å². The number of benzene rings is 1. The lowest BCUT2D eigenvalue weighted by molar-refractivity contribution is 0.0944. The zero-order valence-electron chi connectivity index (χ0n) is 14.5. The summed E-state index contributed by atoms with van der Waals surface area (Å²) in [4.78, 5) is 18.9. The molecule has 0 bridgehead atoms. The lowest BCUT2D eigenvalue weighted by Gasteiger charge is -2.40. The molecule has 134 valence electrons. The number of nitrogens with one attached hydrogen (secondary N) is 1. The summed E-state index contributed by atoms with van der Waals surface area (Å²) in [6.45, 7) is 2.38. The molecule has 4 heterocycles. The number of amides is 1. The third kappa shape index (κ3) is 2.95. The second kappa shape index (κ2) is 6.31. The summed E-state index contributed by atoms with van der Waals surface area (Å²) in [6.07, 6.45) is 3.34. The Morgan fingerprint density at radius 2 is 2.11 bits per heavy atom. The number of aromatic nitrogens is 5. The van der Waals surface area contributed by atoms with Gasteiger partial charge in [-0.25, -0.2) is 0 Å². The van der Waals surface area contributed by atoms with Crippen molar-refractivity contribution in [3.8, 4) is 0 Å². The molecule has 0 spiro atoms. The van der Waals surface area contributed by atoms with Crippen molar-refractivity contribution in [1.82, 2.24) is 30.1 Å². The van der Waals surface area contributed by atoms with Gasteiger partial charge in [0.15, 0.2) is 5.65 Å². The van der Waals surface area contributed by atoms with Crippen LogP contribution < -0.4 is 10.2 Å². The standard InChI is InChI=1S/C19H17N7O/c27-19(15-3-4-16-14(8-15)2-1-7-20-16)21-9-13-10-25(11-13)18-6-5-17-23-22-12-26(17)24-18/h1-8,12-13H,9-11H2,(H,21,27). The van der Waals surface area contributed by atoms with Crippen LogP contribution in [0.2, 0.25) is 0 Å². The molecule has 3 aromatic heterocycles. The van der Waals surface area contributed by atoms with Crippen LogP contribution in [-0.2, 0) is 0 Å². The summed E-state index contributed by atoms with van der Waals surface area (Å²) in [5.41, 5.74) is 2.28. The lowest BCUT2D eigenvalue weighted by Crippen LogP contribution is -2.52. The van der Waals surface area contributed by atoms with Crippen molar-refractivity contribution in [3.05, 3.63) is 60.6 Å². The van der Waals surface area contributed by atoms with Crippen LogP contribution in [0, 0.1) is 5.92 Å². The highest BCUT2D eigenvalue weighted by molar-refractivity contribution is 5.97. The Labute approximate surface area is 154 Å². The molecule has 1 aliphatic rings. The fourth-order valence-electron chi connectivity index (χ4n) is 3.33. The van der Waals surface area contributed by atoms with Gasteiger partial charge in [0.25, 0.3) is 5.91 Å². The SMILES string of the molecule is O=C(NCC1CN(c2ccc3nncn3n2)C1)c1ccc2ncccc2c1. The predicted molar refractivity (Wildman–Crippen MR) is 101 cm³/mol. The van der Waals surface area contributed by atoms with Crippen LogP contribution in [0.4, 0.5) is 5.82 Å². The summed E-state index contributed by atoms with van der Waals surface area (Å²) < 4.78 is 1.67. The molecule has 0 unspecified atom stereocenters. The second-order valence-corrected chi connectivity index (χ2v) is 6.72. The maximum absolute atomic E-state index is 12.4. The Bertz CT molecular complexity index is 1130. The van der Waals surface area contributed by atoms with Crippen LogP contribution in [-0.4, -0.2) is 50.3 Å². The zero-order chi connectivity index (χ0) is 18.2.